The second-order valence-corrected chi connectivity index (χ2v) is 6.68. The summed E-state index contributed by atoms with van der Waals surface area (Å²) < 4.78 is 13.7. The van der Waals surface area contributed by atoms with E-state index in [2.05, 4.69) is 0 Å². The van der Waals surface area contributed by atoms with Crippen LogP contribution in [0.15, 0.2) is 42.5 Å². The number of non-ortho nitro benzene ring substituents is 1. The third-order valence-electron chi connectivity index (χ3n) is 2.75. The van der Waals surface area contributed by atoms with Gasteiger partial charge in [-0.05, 0) is 0 Å². The molecule has 3 rings (SSSR count). The Labute approximate surface area is 101 Å². The van der Waals surface area contributed by atoms with E-state index in [1.165, 1.54) is 12.1 Å². The molecular weight excluding hydrogens is 285 g/mol. The van der Waals surface area contributed by atoms with Gasteiger partial charge in [-0.25, -0.2) is 0 Å². The Bertz CT molecular complexity index is 667. The van der Waals surface area contributed by atoms with Crippen molar-refractivity contribution >= 4 is 28.4 Å². The molecule has 0 radical (unpaired) electrons. The Morgan fingerprint density at radius 3 is 2.47 bits per heavy atom. The van der Waals surface area contributed by atoms with Crippen LogP contribution in [-0.2, 0) is 3.83 Å². The molecule has 0 fully saturated rings. The average molecular weight is 292 g/mol. The zero-order valence-electron chi connectivity index (χ0n) is 8.62. The van der Waals surface area contributed by atoms with Crippen LogP contribution in [-0.4, -0.2) is 18.8 Å². The number of nitro benzene ring substituents is 1. The van der Waals surface area contributed by atoms with E-state index >= 15 is 0 Å². The number of nitrogens with zero attached hydrogens (tertiary/aromatic N) is 1. The van der Waals surface area contributed by atoms with E-state index in [1.54, 1.807) is 6.07 Å². The third-order valence-corrected chi connectivity index (χ3v) is 5.88. The Morgan fingerprint density at radius 1 is 1.00 bits per heavy atom. The SMILES string of the molecule is O=[N+]([O-])c1ccc2c(c1)[Se](=O)c1ccccc1-2. The molecule has 1 atom stereocenters. The van der Waals surface area contributed by atoms with Crippen molar-refractivity contribution in [3.8, 4) is 11.1 Å². The van der Waals surface area contributed by atoms with E-state index in [0.29, 0.717) is 4.46 Å². The molecule has 0 aromatic heterocycles. The van der Waals surface area contributed by atoms with Crippen LogP contribution in [0, 0.1) is 10.1 Å². The van der Waals surface area contributed by atoms with Gasteiger partial charge >= 0.3 is 101 Å². The van der Waals surface area contributed by atoms with E-state index in [1.807, 2.05) is 24.3 Å². The Morgan fingerprint density at radius 2 is 1.71 bits per heavy atom. The maximum atomic E-state index is 12.2. The van der Waals surface area contributed by atoms with E-state index < -0.39 is 18.8 Å². The number of nitro groups is 1. The number of hydrogen-bond donors (Lipinski definition) is 0. The Balaban J connectivity index is 2.28. The molecule has 0 N–H and O–H groups in total. The summed E-state index contributed by atoms with van der Waals surface area (Å²) in [5, 5.41) is 10.7. The van der Waals surface area contributed by atoms with Gasteiger partial charge in [0, 0.05) is 0 Å². The normalized spacial score (nSPS) is 16.4. The van der Waals surface area contributed by atoms with E-state index in [0.717, 1.165) is 15.6 Å². The van der Waals surface area contributed by atoms with Crippen LogP contribution in [0.1, 0.15) is 0 Å². The van der Waals surface area contributed by atoms with Crippen LogP contribution >= 0.6 is 0 Å². The van der Waals surface area contributed by atoms with Gasteiger partial charge in [-0.15, -0.1) is 0 Å². The van der Waals surface area contributed by atoms with Crippen LogP contribution in [0.4, 0.5) is 5.69 Å². The molecule has 1 aliphatic heterocycles. The summed E-state index contributed by atoms with van der Waals surface area (Å²) >= 11 is -2.32. The molecule has 0 saturated carbocycles. The van der Waals surface area contributed by atoms with Crippen molar-refractivity contribution in [3.63, 3.8) is 0 Å². The summed E-state index contributed by atoms with van der Waals surface area (Å²) in [6, 6.07) is 12.0. The first-order chi connectivity index (χ1) is 8.18. The van der Waals surface area contributed by atoms with Crippen LogP contribution in [0.2, 0.25) is 0 Å². The molecule has 1 unspecified atom stereocenters. The molecule has 0 bridgehead atoms. The van der Waals surface area contributed by atoms with Crippen molar-refractivity contribution in [2.45, 2.75) is 0 Å². The molecular formula is C12H7NO3Se. The Hall–Kier alpha value is -1.84. The molecule has 2 aromatic rings. The van der Waals surface area contributed by atoms with Gasteiger partial charge in [-0.2, -0.15) is 0 Å². The summed E-state index contributed by atoms with van der Waals surface area (Å²) in [4.78, 5) is 10.2. The minimum atomic E-state index is -2.32. The summed E-state index contributed by atoms with van der Waals surface area (Å²) in [7, 11) is 0. The maximum absolute atomic E-state index is 12.2. The van der Waals surface area contributed by atoms with Crippen molar-refractivity contribution < 1.29 is 8.76 Å². The topological polar surface area (TPSA) is 60.2 Å². The molecule has 0 aliphatic carbocycles. The number of benzene rings is 2. The van der Waals surface area contributed by atoms with E-state index in [4.69, 9.17) is 0 Å². The first-order valence-electron chi connectivity index (χ1n) is 4.98. The van der Waals surface area contributed by atoms with Crippen LogP contribution in [0.5, 0.6) is 0 Å². The number of fused-ring (bicyclic) bond motifs is 3. The van der Waals surface area contributed by atoms with Gasteiger partial charge in [0.25, 0.3) is 0 Å². The summed E-state index contributed by atoms with van der Waals surface area (Å²) in [5.41, 5.74) is 1.81. The van der Waals surface area contributed by atoms with Gasteiger partial charge in [-0.3, -0.25) is 0 Å². The van der Waals surface area contributed by atoms with Gasteiger partial charge in [0.15, 0.2) is 0 Å². The van der Waals surface area contributed by atoms with Crippen LogP contribution in [0.3, 0.4) is 0 Å². The van der Waals surface area contributed by atoms with Gasteiger partial charge in [-0.1, -0.05) is 0 Å². The minimum absolute atomic E-state index is 0.00107. The first kappa shape index (κ1) is 10.3. The van der Waals surface area contributed by atoms with Crippen LogP contribution < -0.4 is 8.92 Å². The molecule has 5 heteroatoms. The molecule has 1 heterocycles. The third kappa shape index (κ3) is 1.44. The molecule has 2 aromatic carbocycles. The fourth-order valence-electron chi connectivity index (χ4n) is 1.97. The average Bonchev–Trinajstić information content (AvgIpc) is 2.64. The summed E-state index contributed by atoms with van der Waals surface area (Å²) in [6.07, 6.45) is 0. The fourth-order valence-corrected chi connectivity index (χ4v) is 4.95. The molecule has 1 aliphatic rings. The van der Waals surface area contributed by atoms with Crippen molar-refractivity contribution in [1.82, 2.24) is 0 Å². The summed E-state index contributed by atoms with van der Waals surface area (Å²) in [5.74, 6) is 0. The summed E-state index contributed by atoms with van der Waals surface area (Å²) in [6.45, 7) is 0. The Kier molecular flexibility index (Phi) is 2.18. The number of hydrogen-bond acceptors (Lipinski definition) is 3. The van der Waals surface area contributed by atoms with Crippen molar-refractivity contribution in [3.05, 3.63) is 52.6 Å². The quantitative estimate of drug-likeness (QED) is 0.383. The standard InChI is InChI=1S/C12H7NO3Se/c14-13(15)8-5-6-10-9-3-1-2-4-11(9)17(16)12(10)7-8/h1-7H. The van der Waals surface area contributed by atoms with Crippen LogP contribution in [0.25, 0.3) is 11.1 Å². The zero-order chi connectivity index (χ0) is 12.0. The molecule has 17 heavy (non-hydrogen) atoms. The van der Waals surface area contributed by atoms with Crippen molar-refractivity contribution in [2.75, 3.05) is 0 Å². The van der Waals surface area contributed by atoms with Gasteiger partial charge in [0.1, 0.15) is 0 Å². The monoisotopic (exact) mass is 293 g/mol. The second kappa shape index (κ2) is 3.58. The molecule has 0 saturated heterocycles. The predicted molar refractivity (Wildman–Crippen MR) is 64.2 cm³/mol. The zero-order valence-corrected chi connectivity index (χ0v) is 10.3. The first-order valence-corrected chi connectivity index (χ1v) is 7.39. The van der Waals surface area contributed by atoms with Gasteiger partial charge in [0.05, 0.1) is 0 Å². The molecule has 0 spiro atoms. The molecule has 0 amide bonds. The fraction of sp³-hybridized carbons (Fsp3) is 0. The predicted octanol–water partition coefficient (Wildman–Crippen LogP) is 1.11. The molecule has 84 valence electrons. The van der Waals surface area contributed by atoms with E-state index in [9.17, 15) is 13.9 Å². The van der Waals surface area contributed by atoms with E-state index in [-0.39, 0.29) is 5.69 Å². The van der Waals surface area contributed by atoms with Gasteiger partial charge < -0.3 is 0 Å². The van der Waals surface area contributed by atoms with Crippen molar-refractivity contribution in [1.29, 1.82) is 0 Å². The van der Waals surface area contributed by atoms with Gasteiger partial charge in [0.2, 0.25) is 0 Å². The number of rotatable bonds is 1. The van der Waals surface area contributed by atoms with Crippen molar-refractivity contribution in [2.24, 2.45) is 0 Å². The molecule has 4 nitrogen and oxygen atoms in total. The second-order valence-electron chi connectivity index (χ2n) is 3.70.